The number of para-hydroxylation sites is 1. The number of rotatable bonds is 3. The van der Waals surface area contributed by atoms with Crippen LogP contribution in [0.2, 0.25) is 0 Å². The first-order valence-corrected chi connectivity index (χ1v) is 16.2. The molecule has 0 radical (unpaired) electrons. The van der Waals surface area contributed by atoms with Crippen molar-refractivity contribution in [1.29, 1.82) is 0 Å². The second-order valence-electron chi connectivity index (χ2n) is 11.5. The SMILES string of the molecule is B1/C=C\C=C/Nc2cc(-c3ccc4c(c3)N3C=CC=CB3N4c3cccc4c3sc3ccccc34)ccc2N1c1ccccc1. The fraction of sp³-hybridized carbons (Fsp3) is 0. The highest BCUT2D eigenvalue weighted by Crippen LogP contribution is 2.50. The summed E-state index contributed by atoms with van der Waals surface area (Å²) in [6.07, 6.45) is 12.7. The summed E-state index contributed by atoms with van der Waals surface area (Å²) in [5, 5.41) is 6.20. The minimum atomic E-state index is 0.0781. The molecule has 0 saturated carbocycles. The number of nitrogens with one attached hydrogen (secondary N) is 1. The van der Waals surface area contributed by atoms with E-state index in [0.717, 1.165) is 18.8 Å². The molecule has 0 atom stereocenters. The van der Waals surface area contributed by atoms with Gasteiger partial charge in [-0.3, -0.25) is 0 Å². The molecule has 3 aliphatic rings. The smallest absolute Gasteiger partial charge is 0.384 e. The van der Waals surface area contributed by atoms with Crippen LogP contribution in [-0.2, 0) is 0 Å². The van der Waals surface area contributed by atoms with Gasteiger partial charge in [-0.25, -0.2) is 0 Å². The van der Waals surface area contributed by atoms with Gasteiger partial charge >= 0.3 is 6.98 Å². The number of anilines is 6. The molecule has 9 rings (SSSR count). The van der Waals surface area contributed by atoms with E-state index in [-0.39, 0.29) is 6.98 Å². The van der Waals surface area contributed by atoms with E-state index >= 15 is 0 Å². The van der Waals surface area contributed by atoms with Crippen LogP contribution in [0.25, 0.3) is 31.3 Å². The summed E-state index contributed by atoms with van der Waals surface area (Å²) in [7, 11) is 0.791. The van der Waals surface area contributed by atoms with Gasteiger partial charge in [0.1, 0.15) is 0 Å². The van der Waals surface area contributed by atoms with Gasteiger partial charge in [0.15, 0.2) is 0 Å². The molecule has 1 aromatic heterocycles. The number of allylic oxidation sites excluding steroid dienone is 4. The van der Waals surface area contributed by atoms with E-state index in [0.29, 0.717) is 0 Å². The molecule has 4 heterocycles. The van der Waals surface area contributed by atoms with Crippen LogP contribution in [0, 0.1) is 0 Å². The normalized spacial score (nSPS) is 16.4. The van der Waals surface area contributed by atoms with Gasteiger partial charge < -0.3 is 19.7 Å². The van der Waals surface area contributed by atoms with Crippen LogP contribution in [0.3, 0.4) is 0 Å². The molecule has 45 heavy (non-hydrogen) atoms. The highest BCUT2D eigenvalue weighted by molar-refractivity contribution is 7.26. The van der Waals surface area contributed by atoms with Crippen molar-refractivity contribution in [2.45, 2.75) is 0 Å². The van der Waals surface area contributed by atoms with Crippen LogP contribution >= 0.6 is 11.3 Å². The van der Waals surface area contributed by atoms with E-state index in [4.69, 9.17) is 0 Å². The molecule has 6 aromatic rings. The van der Waals surface area contributed by atoms with Crippen molar-refractivity contribution in [1.82, 2.24) is 0 Å². The molecular weight excluding hydrogens is 566 g/mol. The summed E-state index contributed by atoms with van der Waals surface area (Å²) >= 11 is 1.88. The fourth-order valence-electron chi connectivity index (χ4n) is 6.83. The van der Waals surface area contributed by atoms with Crippen molar-refractivity contribution in [3.05, 3.63) is 158 Å². The van der Waals surface area contributed by atoms with E-state index in [2.05, 4.69) is 171 Å². The number of nitrogens with zero attached hydrogens (tertiary/aromatic N) is 3. The first kappa shape index (κ1) is 26.0. The van der Waals surface area contributed by atoms with Crippen LogP contribution in [0.4, 0.5) is 34.1 Å². The predicted molar refractivity (Wildman–Crippen MR) is 197 cm³/mol. The fourth-order valence-corrected chi connectivity index (χ4v) is 8.04. The third kappa shape index (κ3) is 4.31. The lowest BCUT2D eigenvalue weighted by atomic mass is 9.71. The first-order valence-electron chi connectivity index (χ1n) is 15.4. The molecule has 0 unspecified atom stereocenters. The average Bonchev–Trinajstić information content (AvgIpc) is 3.66. The maximum Gasteiger partial charge on any atom is 0.412 e. The number of thiophene rings is 1. The number of fused-ring (bicyclic) bond motifs is 7. The Hall–Kier alpha value is -5.39. The van der Waals surface area contributed by atoms with Crippen molar-refractivity contribution in [3.63, 3.8) is 0 Å². The Kier molecular flexibility index (Phi) is 6.17. The lowest BCUT2D eigenvalue weighted by molar-refractivity contribution is 1.39. The summed E-state index contributed by atoms with van der Waals surface area (Å²) < 4.78 is 2.65. The molecule has 5 aromatic carbocycles. The lowest BCUT2D eigenvalue weighted by Gasteiger charge is -2.27. The van der Waals surface area contributed by atoms with Crippen molar-refractivity contribution < 1.29 is 0 Å². The topological polar surface area (TPSA) is 21.8 Å². The minimum absolute atomic E-state index is 0.0781. The largest absolute Gasteiger partial charge is 0.412 e. The molecule has 4 nitrogen and oxygen atoms in total. The maximum atomic E-state index is 3.56. The van der Waals surface area contributed by atoms with E-state index in [1.807, 2.05) is 17.5 Å². The Morgan fingerprint density at radius 3 is 2.40 bits per heavy atom. The van der Waals surface area contributed by atoms with Gasteiger partial charge in [0.2, 0.25) is 0 Å². The van der Waals surface area contributed by atoms with E-state index in [1.165, 1.54) is 54.0 Å². The zero-order valence-electron chi connectivity index (χ0n) is 24.5. The highest BCUT2D eigenvalue weighted by atomic mass is 32.1. The van der Waals surface area contributed by atoms with Crippen LogP contribution in [0.5, 0.6) is 0 Å². The van der Waals surface area contributed by atoms with Crippen LogP contribution < -0.4 is 19.7 Å². The molecule has 0 amide bonds. The molecule has 0 spiro atoms. The summed E-state index contributed by atoms with van der Waals surface area (Å²) in [6, 6.07) is 39.7. The maximum absolute atomic E-state index is 3.56. The summed E-state index contributed by atoms with van der Waals surface area (Å²) in [4.78, 5) is 7.24. The second-order valence-corrected chi connectivity index (χ2v) is 12.5. The minimum Gasteiger partial charge on any atom is -0.384 e. The van der Waals surface area contributed by atoms with Gasteiger partial charge in [-0.1, -0.05) is 84.8 Å². The number of hydrogen-bond acceptors (Lipinski definition) is 5. The van der Waals surface area contributed by atoms with Crippen LogP contribution in [0.1, 0.15) is 0 Å². The molecule has 0 saturated heterocycles. The zero-order chi connectivity index (χ0) is 29.7. The van der Waals surface area contributed by atoms with Gasteiger partial charge in [0, 0.05) is 33.0 Å². The summed E-state index contributed by atoms with van der Waals surface area (Å²) in [5.74, 6) is 4.49. The van der Waals surface area contributed by atoms with Crippen molar-refractivity contribution in [3.8, 4) is 11.1 Å². The predicted octanol–water partition coefficient (Wildman–Crippen LogP) is 9.73. The van der Waals surface area contributed by atoms with Crippen molar-refractivity contribution in [2.24, 2.45) is 0 Å². The number of benzene rings is 5. The molecule has 212 valence electrons. The van der Waals surface area contributed by atoms with Gasteiger partial charge in [0.25, 0.3) is 7.41 Å². The standard InChI is InChI=1S/C38H28B2N4S/c1-2-11-29(12-3-1)43-33-19-17-27(25-32(33)41-23-8-6-21-39-43)28-18-20-34-36(26-28)42-24-9-7-22-40(42)44(34)35-15-10-14-31-30-13-4-5-16-37(30)45-38(31)35/h1-26,39,41H/b21-6-,23-8-. The summed E-state index contributed by atoms with van der Waals surface area (Å²) in [5.41, 5.74) is 9.44. The Labute approximate surface area is 267 Å². The van der Waals surface area contributed by atoms with Gasteiger partial charge in [-0.05, 0) is 78.0 Å². The monoisotopic (exact) mass is 594 g/mol. The van der Waals surface area contributed by atoms with Crippen LogP contribution in [0.15, 0.2) is 158 Å². The quantitative estimate of drug-likeness (QED) is 0.206. The molecule has 0 bridgehead atoms. The van der Waals surface area contributed by atoms with E-state index in [9.17, 15) is 0 Å². The average molecular weight is 594 g/mol. The molecule has 1 N–H and O–H groups in total. The van der Waals surface area contributed by atoms with Crippen molar-refractivity contribution in [2.75, 3.05) is 19.7 Å². The molecule has 0 aliphatic carbocycles. The van der Waals surface area contributed by atoms with Gasteiger partial charge in [0.05, 0.1) is 27.4 Å². The first-order chi connectivity index (χ1) is 22.3. The van der Waals surface area contributed by atoms with E-state index in [1.54, 1.807) is 0 Å². The van der Waals surface area contributed by atoms with Crippen LogP contribution in [-0.4, -0.2) is 14.4 Å². The van der Waals surface area contributed by atoms with Gasteiger partial charge in [-0.15, -0.1) is 11.3 Å². The van der Waals surface area contributed by atoms with E-state index < -0.39 is 0 Å². The van der Waals surface area contributed by atoms with Crippen molar-refractivity contribution >= 4 is 80.0 Å². The lowest BCUT2D eigenvalue weighted by Crippen LogP contribution is -2.42. The Morgan fingerprint density at radius 1 is 0.644 bits per heavy atom. The molecule has 0 fully saturated rings. The Balaban J connectivity index is 1.15. The highest BCUT2D eigenvalue weighted by Gasteiger charge is 2.40. The summed E-state index contributed by atoms with van der Waals surface area (Å²) in [6.45, 7) is 0.0781. The third-order valence-electron chi connectivity index (χ3n) is 8.91. The Morgan fingerprint density at radius 2 is 1.47 bits per heavy atom. The number of hydrogen-bond donors (Lipinski definition) is 1. The molecule has 7 heteroatoms. The second kappa shape index (κ2) is 10.7. The Bertz CT molecular complexity index is 2220. The molecule has 3 aliphatic heterocycles. The third-order valence-corrected chi connectivity index (χ3v) is 10.1. The van der Waals surface area contributed by atoms with Gasteiger partial charge in [-0.2, -0.15) is 0 Å². The zero-order valence-corrected chi connectivity index (χ0v) is 25.4. The molecular formula is C38H28B2N4S.